The van der Waals surface area contributed by atoms with Gasteiger partial charge in [-0.25, -0.2) is 0 Å². The van der Waals surface area contributed by atoms with E-state index < -0.39 is 12.1 Å². The number of esters is 1. The Balaban J connectivity index is 3.42. The van der Waals surface area contributed by atoms with Crippen molar-refractivity contribution in [3.8, 4) is 0 Å². The van der Waals surface area contributed by atoms with Gasteiger partial charge in [0.05, 0.1) is 25.4 Å². The predicted octanol–water partition coefficient (Wildman–Crippen LogP) is 22.3. The average Bonchev–Trinajstić information content (AvgIpc) is 3.43. The second-order valence-electron chi connectivity index (χ2n) is 23.9. The quantitative estimate of drug-likeness (QED) is 0.0320. The predicted molar refractivity (Wildman–Crippen MR) is 338 cm³/mol. The molecule has 0 bridgehead atoms. The van der Waals surface area contributed by atoms with Gasteiger partial charge in [-0.1, -0.05) is 320 Å². The molecule has 1 amide bonds. The van der Waals surface area contributed by atoms with Crippen LogP contribution in [-0.2, 0) is 14.3 Å². The molecule has 2 atom stereocenters. The van der Waals surface area contributed by atoms with Gasteiger partial charge in [0.15, 0.2) is 0 Å². The number of allylic oxidation sites excluding steroid dienone is 5. The summed E-state index contributed by atoms with van der Waals surface area (Å²) < 4.78 is 5.51. The third kappa shape index (κ3) is 63.1. The molecule has 0 fully saturated rings. The molecule has 0 aromatic carbocycles. The minimum atomic E-state index is -0.849. The molecule has 6 nitrogen and oxygen atoms in total. The van der Waals surface area contributed by atoms with Crippen LogP contribution in [0.15, 0.2) is 36.5 Å². The molecule has 0 heterocycles. The fraction of sp³-hybridized carbons (Fsp3) is 0.887. The number of aliphatic hydroxyl groups is 2. The molecule has 0 radical (unpaired) electrons. The van der Waals surface area contributed by atoms with Crippen LogP contribution in [-0.4, -0.2) is 47.4 Å². The first-order valence-corrected chi connectivity index (χ1v) is 34.8. The number of hydrogen-bond donors (Lipinski definition) is 3. The Hall–Kier alpha value is -1.92. The Morgan fingerprint density at radius 1 is 0.351 bits per heavy atom. The van der Waals surface area contributed by atoms with E-state index in [-0.39, 0.29) is 18.5 Å². The highest BCUT2D eigenvalue weighted by Crippen LogP contribution is 2.18. The number of ether oxygens (including phenoxy) is 1. The summed E-state index contributed by atoms with van der Waals surface area (Å²) in [6.07, 6.45) is 85.0. The first kappa shape index (κ1) is 75.1. The number of aliphatic hydroxyl groups excluding tert-OH is 2. The summed E-state index contributed by atoms with van der Waals surface area (Å²) in [5.41, 5.74) is 0. The molecule has 0 spiro atoms. The minimum absolute atomic E-state index is 0.0110. The van der Waals surface area contributed by atoms with Crippen LogP contribution < -0.4 is 5.32 Å². The van der Waals surface area contributed by atoms with Gasteiger partial charge in [-0.15, -0.1) is 0 Å². The van der Waals surface area contributed by atoms with Gasteiger partial charge in [-0.05, 0) is 83.5 Å². The van der Waals surface area contributed by atoms with E-state index in [1.807, 2.05) is 6.08 Å². The molecule has 0 aromatic heterocycles. The molecule has 0 aromatic rings. The topological polar surface area (TPSA) is 95.9 Å². The zero-order valence-corrected chi connectivity index (χ0v) is 52.0. The van der Waals surface area contributed by atoms with E-state index in [9.17, 15) is 19.8 Å². The molecule has 3 N–H and O–H groups in total. The summed E-state index contributed by atoms with van der Waals surface area (Å²) >= 11 is 0. The Kier molecular flexibility index (Phi) is 64.9. The first-order valence-electron chi connectivity index (χ1n) is 34.8. The molecule has 454 valence electrons. The van der Waals surface area contributed by atoms with Crippen LogP contribution in [0, 0.1) is 0 Å². The fourth-order valence-corrected chi connectivity index (χ4v) is 10.8. The Labute approximate surface area is 481 Å². The lowest BCUT2D eigenvalue weighted by atomic mass is 10.0. The van der Waals surface area contributed by atoms with Crippen molar-refractivity contribution in [3.05, 3.63) is 36.5 Å². The Morgan fingerprint density at radius 3 is 0.922 bits per heavy atom. The van der Waals surface area contributed by atoms with E-state index in [0.29, 0.717) is 19.4 Å². The van der Waals surface area contributed by atoms with Gasteiger partial charge >= 0.3 is 5.97 Å². The summed E-state index contributed by atoms with van der Waals surface area (Å²) in [5, 5.41) is 23.2. The van der Waals surface area contributed by atoms with Gasteiger partial charge in [0.2, 0.25) is 5.91 Å². The molecular formula is C71H135NO5. The zero-order valence-electron chi connectivity index (χ0n) is 52.0. The SMILES string of the molecule is CCCCCCCC/C=C\CCCCCCCCCCCC(=O)OCCCCCCCCCCCCCC/C=C\CCCCCCCCCC(=O)NC(CO)C(O)/C=C/CCCCCCCCCCCCCCCCCC. The van der Waals surface area contributed by atoms with Gasteiger partial charge in [0.1, 0.15) is 0 Å². The number of hydrogen-bond acceptors (Lipinski definition) is 5. The molecule has 0 saturated heterocycles. The second kappa shape index (κ2) is 66.6. The van der Waals surface area contributed by atoms with Crippen LogP contribution in [0.25, 0.3) is 0 Å². The molecule has 0 saturated carbocycles. The van der Waals surface area contributed by atoms with Crippen molar-refractivity contribution in [1.82, 2.24) is 5.32 Å². The summed E-state index contributed by atoms with van der Waals surface area (Å²) in [6.45, 7) is 4.93. The highest BCUT2D eigenvalue weighted by molar-refractivity contribution is 5.76. The first-order chi connectivity index (χ1) is 38.0. The van der Waals surface area contributed by atoms with Gasteiger partial charge < -0.3 is 20.3 Å². The van der Waals surface area contributed by atoms with Gasteiger partial charge in [-0.3, -0.25) is 9.59 Å². The largest absolute Gasteiger partial charge is 0.466 e. The molecule has 2 unspecified atom stereocenters. The van der Waals surface area contributed by atoms with Crippen LogP contribution in [0.2, 0.25) is 0 Å². The highest BCUT2D eigenvalue weighted by Gasteiger charge is 2.18. The summed E-state index contributed by atoms with van der Waals surface area (Å²) in [6, 6.07) is -0.633. The summed E-state index contributed by atoms with van der Waals surface area (Å²) in [5.74, 6) is -0.0606. The molecule has 0 aliphatic rings. The van der Waals surface area contributed by atoms with Gasteiger partial charge in [-0.2, -0.15) is 0 Å². The van der Waals surface area contributed by atoms with Crippen LogP contribution >= 0.6 is 0 Å². The van der Waals surface area contributed by atoms with E-state index in [1.165, 1.54) is 302 Å². The maximum atomic E-state index is 12.5. The van der Waals surface area contributed by atoms with Crippen molar-refractivity contribution in [2.45, 2.75) is 392 Å². The summed E-state index contributed by atoms with van der Waals surface area (Å²) in [7, 11) is 0. The molecular weight excluding hydrogens is 947 g/mol. The highest BCUT2D eigenvalue weighted by atomic mass is 16.5. The summed E-state index contributed by atoms with van der Waals surface area (Å²) in [4.78, 5) is 24.6. The molecule has 6 heteroatoms. The van der Waals surface area contributed by atoms with Crippen LogP contribution in [0.5, 0.6) is 0 Å². The second-order valence-corrected chi connectivity index (χ2v) is 23.9. The Bertz CT molecular complexity index is 1250. The lowest BCUT2D eigenvalue weighted by Crippen LogP contribution is -2.45. The number of carbonyl (C=O) groups excluding carboxylic acids is 2. The van der Waals surface area contributed by atoms with E-state index >= 15 is 0 Å². The maximum absolute atomic E-state index is 12.5. The Morgan fingerprint density at radius 2 is 0.610 bits per heavy atom. The number of rotatable bonds is 65. The number of unbranched alkanes of at least 4 members (excludes halogenated alkanes) is 50. The van der Waals surface area contributed by atoms with Crippen LogP contribution in [0.3, 0.4) is 0 Å². The smallest absolute Gasteiger partial charge is 0.305 e. The van der Waals surface area contributed by atoms with Crippen molar-refractivity contribution in [2.24, 2.45) is 0 Å². The van der Waals surface area contributed by atoms with Crippen LogP contribution in [0.4, 0.5) is 0 Å². The number of amides is 1. The minimum Gasteiger partial charge on any atom is -0.466 e. The zero-order chi connectivity index (χ0) is 55.7. The monoisotopic (exact) mass is 1080 g/mol. The number of nitrogens with one attached hydrogen (secondary N) is 1. The van der Waals surface area contributed by atoms with Gasteiger partial charge in [0.25, 0.3) is 0 Å². The van der Waals surface area contributed by atoms with E-state index in [2.05, 4.69) is 43.5 Å². The van der Waals surface area contributed by atoms with Crippen molar-refractivity contribution in [3.63, 3.8) is 0 Å². The molecule has 0 aliphatic heterocycles. The molecule has 0 aliphatic carbocycles. The normalized spacial score (nSPS) is 12.7. The standard InChI is InChI=1S/C71H135NO5/c1-3-5-7-9-11-13-15-17-19-21-28-33-37-41-45-49-53-57-61-65-71(76)77-66-62-58-54-50-46-42-38-34-30-27-25-23-24-26-29-32-36-40-44-48-52-56-60-64-70(75)72-68(67-73)69(74)63-59-55-51-47-43-39-35-31-22-20-18-16-14-12-10-8-6-4-2/h17,19,26,29,59,63,68-69,73-74H,3-16,18,20-25,27-28,30-58,60-62,64-67H2,1-2H3,(H,72,75)/b19-17-,29-26-,63-59+. The van der Waals surface area contributed by atoms with Crippen molar-refractivity contribution >= 4 is 11.9 Å². The van der Waals surface area contributed by atoms with Crippen molar-refractivity contribution < 1.29 is 24.5 Å². The lowest BCUT2D eigenvalue weighted by Gasteiger charge is -2.20. The lowest BCUT2D eigenvalue weighted by molar-refractivity contribution is -0.143. The maximum Gasteiger partial charge on any atom is 0.305 e. The van der Waals surface area contributed by atoms with E-state index in [4.69, 9.17) is 4.74 Å². The molecule has 0 rings (SSSR count). The number of carbonyl (C=O) groups is 2. The third-order valence-corrected chi connectivity index (χ3v) is 16.1. The van der Waals surface area contributed by atoms with Crippen molar-refractivity contribution in [2.75, 3.05) is 13.2 Å². The third-order valence-electron chi connectivity index (χ3n) is 16.1. The molecule has 77 heavy (non-hydrogen) atoms. The average molecular weight is 1080 g/mol. The van der Waals surface area contributed by atoms with E-state index in [1.54, 1.807) is 6.08 Å². The fourth-order valence-electron chi connectivity index (χ4n) is 10.8. The van der Waals surface area contributed by atoms with Crippen molar-refractivity contribution in [1.29, 1.82) is 0 Å². The van der Waals surface area contributed by atoms with E-state index in [0.717, 1.165) is 51.4 Å². The van der Waals surface area contributed by atoms with Crippen LogP contribution in [0.1, 0.15) is 380 Å². The van der Waals surface area contributed by atoms with Gasteiger partial charge in [0, 0.05) is 12.8 Å².